The van der Waals surface area contributed by atoms with Crippen LogP contribution in [0.3, 0.4) is 0 Å². The Balaban J connectivity index is 1.34. The predicted octanol–water partition coefficient (Wildman–Crippen LogP) is 2.58. The van der Waals surface area contributed by atoms with Crippen LogP contribution >= 0.6 is 11.5 Å². The summed E-state index contributed by atoms with van der Waals surface area (Å²) < 4.78 is 4.53. The Morgan fingerprint density at radius 3 is 2.74 bits per heavy atom. The molecule has 3 heterocycles. The highest BCUT2D eigenvalue weighted by atomic mass is 32.1. The highest BCUT2D eigenvalue weighted by Gasteiger charge is 2.29. The van der Waals surface area contributed by atoms with E-state index in [0.717, 1.165) is 43.7 Å². The van der Waals surface area contributed by atoms with Gasteiger partial charge in [0.2, 0.25) is 5.13 Å². The molecule has 23 heavy (non-hydrogen) atoms. The van der Waals surface area contributed by atoms with Gasteiger partial charge in [0.05, 0.1) is 6.20 Å². The van der Waals surface area contributed by atoms with E-state index in [-0.39, 0.29) is 0 Å². The molecule has 6 nitrogen and oxygen atoms in total. The zero-order valence-electron chi connectivity index (χ0n) is 13.8. The number of nitrogens with one attached hydrogen (secondary N) is 1. The van der Waals surface area contributed by atoms with E-state index >= 15 is 0 Å². The molecule has 2 fully saturated rings. The van der Waals surface area contributed by atoms with Crippen molar-refractivity contribution in [2.75, 3.05) is 31.1 Å². The molecule has 1 N–H and O–H groups in total. The summed E-state index contributed by atoms with van der Waals surface area (Å²) in [6, 6.07) is 0. The summed E-state index contributed by atoms with van der Waals surface area (Å²) in [5.41, 5.74) is 2.60. The second-order valence-corrected chi connectivity index (χ2v) is 7.67. The van der Waals surface area contributed by atoms with Gasteiger partial charge in [0.15, 0.2) is 0 Å². The first-order valence-electron chi connectivity index (χ1n) is 8.53. The number of aromatic amines is 1. The van der Waals surface area contributed by atoms with E-state index in [2.05, 4.69) is 38.2 Å². The predicted molar refractivity (Wildman–Crippen MR) is 92.1 cm³/mol. The first-order valence-corrected chi connectivity index (χ1v) is 9.31. The highest BCUT2D eigenvalue weighted by Crippen LogP contribution is 2.39. The first kappa shape index (κ1) is 15.1. The molecule has 0 aromatic carbocycles. The van der Waals surface area contributed by atoms with Crippen LogP contribution in [0.1, 0.15) is 55.6 Å². The third-order valence-corrected chi connectivity index (χ3v) is 5.53. The molecule has 0 amide bonds. The van der Waals surface area contributed by atoms with E-state index < -0.39 is 0 Å². The molecule has 0 spiro atoms. The lowest BCUT2D eigenvalue weighted by atomic mass is 10.1. The summed E-state index contributed by atoms with van der Waals surface area (Å²) in [5, 5.41) is 8.47. The first-order chi connectivity index (χ1) is 11.2. The van der Waals surface area contributed by atoms with E-state index in [9.17, 15) is 0 Å². The molecule has 1 saturated heterocycles. The van der Waals surface area contributed by atoms with Gasteiger partial charge in [-0.3, -0.25) is 10.00 Å². The maximum Gasteiger partial charge on any atom is 0.205 e. The van der Waals surface area contributed by atoms with Gasteiger partial charge in [-0.1, -0.05) is 13.8 Å². The molecule has 2 aromatic rings. The summed E-state index contributed by atoms with van der Waals surface area (Å²) in [5.74, 6) is 2.22. The Labute approximate surface area is 141 Å². The SMILES string of the molecule is CC(C)c1[nH]ncc1CN1CCN(c2nc(C3CC3)ns2)CC1. The van der Waals surface area contributed by atoms with Gasteiger partial charge in [-0.15, -0.1) is 0 Å². The Bertz CT molecular complexity index is 651. The second kappa shape index (κ2) is 6.20. The molecule has 1 aliphatic heterocycles. The van der Waals surface area contributed by atoms with Crippen molar-refractivity contribution in [3.05, 3.63) is 23.3 Å². The average Bonchev–Trinajstić information content (AvgIpc) is 3.10. The third-order valence-electron chi connectivity index (χ3n) is 4.74. The fourth-order valence-corrected chi connectivity index (χ4v) is 3.94. The quantitative estimate of drug-likeness (QED) is 0.912. The maximum absolute atomic E-state index is 4.73. The van der Waals surface area contributed by atoms with Crippen LogP contribution < -0.4 is 4.90 Å². The number of piperazine rings is 1. The lowest BCUT2D eigenvalue weighted by Gasteiger charge is -2.34. The zero-order chi connectivity index (χ0) is 15.8. The number of rotatable bonds is 5. The number of anilines is 1. The number of H-pyrrole nitrogens is 1. The van der Waals surface area contributed by atoms with Crippen LogP contribution in [0, 0.1) is 0 Å². The van der Waals surface area contributed by atoms with Crippen molar-refractivity contribution >= 4 is 16.7 Å². The molecule has 0 radical (unpaired) electrons. The summed E-state index contributed by atoms with van der Waals surface area (Å²) in [6.07, 6.45) is 4.52. The minimum Gasteiger partial charge on any atom is -0.344 e. The van der Waals surface area contributed by atoms with Gasteiger partial charge in [0.1, 0.15) is 5.82 Å². The minimum absolute atomic E-state index is 0.496. The van der Waals surface area contributed by atoms with Crippen LogP contribution in [0.2, 0.25) is 0 Å². The Morgan fingerprint density at radius 2 is 2.04 bits per heavy atom. The fraction of sp³-hybridized carbons (Fsp3) is 0.688. The molecule has 7 heteroatoms. The Kier molecular flexibility index (Phi) is 4.07. The number of aromatic nitrogens is 4. The molecule has 2 aliphatic rings. The van der Waals surface area contributed by atoms with E-state index in [4.69, 9.17) is 4.98 Å². The number of hydrogen-bond donors (Lipinski definition) is 1. The highest BCUT2D eigenvalue weighted by molar-refractivity contribution is 7.09. The van der Waals surface area contributed by atoms with Crippen LogP contribution in [0.25, 0.3) is 0 Å². The standard InChI is InChI=1S/C16H24N6S/c1-11(2)14-13(9-17-19-14)10-21-5-7-22(8-6-21)16-18-15(20-23-16)12-3-4-12/h9,11-12H,3-8,10H2,1-2H3,(H,17,19). The zero-order valence-corrected chi connectivity index (χ0v) is 14.6. The van der Waals surface area contributed by atoms with Crippen molar-refractivity contribution in [1.29, 1.82) is 0 Å². The minimum atomic E-state index is 0.496. The second-order valence-electron chi connectivity index (χ2n) is 6.94. The normalized spacial score (nSPS) is 19.7. The number of nitrogens with zero attached hydrogens (tertiary/aromatic N) is 5. The van der Waals surface area contributed by atoms with Crippen molar-refractivity contribution in [3.63, 3.8) is 0 Å². The van der Waals surface area contributed by atoms with Crippen LogP contribution in [0.4, 0.5) is 5.13 Å². The molecule has 1 aliphatic carbocycles. The molecule has 124 valence electrons. The summed E-state index contributed by atoms with van der Waals surface area (Å²) in [7, 11) is 0. The number of hydrogen-bond acceptors (Lipinski definition) is 6. The monoisotopic (exact) mass is 332 g/mol. The third kappa shape index (κ3) is 3.26. The van der Waals surface area contributed by atoms with Crippen molar-refractivity contribution < 1.29 is 0 Å². The van der Waals surface area contributed by atoms with Crippen molar-refractivity contribution in [3.8, 4) is 0 Å². The summed E-state index contributed by atoms with van der Waals surface area (Å²) in [4.78, 5) is 9.63. The maximum atomic E-state index is 4.73. The van der Waals surface area contributed by atoms with Gasteiger partial charge < -0.3 is 4.90 Å². The smallest absolute Gasteiger partial charge is 0.205 e. The topological polar surface area (TPSA) is 60.9 Å². The Morgan fingerprint density at radius 1 is 1.26 bits per heavy atom. The van der Waals surface area contributed by atoms with Gasteiger partial charge in [-0.2, -0.15) is 9.47 Å². The lowest BCUT2D eigenvalue weighted by molar-refractivity contribution is 0.249. The lowest BCUT2D eigenvalue weighted by Crippen LogP contribution is -2.46. The van der Waals surface area contributed by atoms with Crippen molar-refractivity contribution in [2.24, 2.45) is 0 Å². The van der Waals surface area contributed by atoms with Gasteiger partial charge in [0.25, 0.3) is 0 Å². The van der Waals surface area contributed by atoms with Gasteiger partial charge in [0, 0.05) is 61.4 Å². The molecule has 0 unspecified atom stereocenters. The average molecular weight is 332 g/mol. The summed E-state index contributed by atoms with van der Waals surface area (Å²) in [6.45, 7) is 9.62. The van der Waals surface area contributed by atoms with E-state index in [1.165, 1.54) is 24.1 Å². The van der Waals surface area contributed by atoms with E-state index in [1.54, 1.807) is 11.5 Å². The molecular weight excluding hydrogens is 308 g/mol. The fourth-order valence-electron chi connectivity index (χ4n) is 3.15. The molecule has 2 aromatic heterocycles. The van der Waals surface area contributed by atoms with E-state index in [0.29, 0.717) is 11.8 Å². The van der Waals surface area contributed by atoms with Gasteiger partial charge in [-0.05, 0) is 18.8 Å². The molecular formula is C16H24N6S. The molecule has 1 saturated carbocycles. The Hall–Kier alpha value is -1.47. The summed E-state index contributed by atoms with van der Waals surface area (Å²) >= 11 is 1.57. The molecule has 4 rings (SSSR count). The van der Waals surface area contributed by atoms with Crippen LogP contribution in [0.15, 0.2) is 6.20 Å². The van der Waals surface area contributed by atoms with Crippen molar-refractivity contribution in [2.45, 2.75) is 45.1 Å². The van der Waals surface area contributed by atoms with Crippen LogP contribution in [-0.2, 0) is 6.54 Å². The van der Waals surface area contributed by atoms with Gasteiger partial charge >= 0.3 is 0 Å². The molecule has 0 bridgehead atoms. The van der Waals surface area contributed by atoms with Crippen LogP contribution in [-0.4, -0.2) is 50.6 Å². The van der Waals surface area contributed by atoms with Crippen molar-refractivity contribution in [1.82, 2.24) is 24.5 Å². The van der Waals surface area contributed by atoms with Gasteiger partial charge in [-0.25, -0.2) is 4.98 Å². The largest absolute Gasteiger partial charge is 0.344 e. The van der Waals surface area contributed by atoms with Crippen LogP contribution in [0.5, 0.6) is 0 Å². The van der Waals surface area contributed by atoms with E-state index in [1.807, 2.05) is 6.20 Å². The molecule has 0 atom stereocenters.